The summed E-state index contributed by atoms with van der Waals surface area (Å²) in [5.74, 6) is 0. The number of ether oxygens (including phenoxy) is 1. The Balaban J connectivity index is 1.60. The van der Waals surface area contributed by atoms with E-state index in [0.29, 0.717) is 0 Å². The van der Waals surface area contributed by atoms with Gasteiger partial charge in [-0.25, -0.2) is 0 Å². The minimum absolute atomic E-state index is 0.122. The van der Waals surface area contributed by atoms with Gasteiger partial charge in [0, 0.05) is 25.7 Å². The number of rotatable bonds is 5. The lowest BCUT2D eigenvalue weighted by atomic mass is 10.0. The zero-order chi connectivity index (χ0) is 10.7. The number of likely N-dealkylation sites (N-methyl/N-ethyl adjacent to an activating group) is 1. The molecule has 3 nitrogen and oxygen atoms in total. The average molecular weight is 212 g/mol. The number of nitrogens with one attached hydrogen (secondary N) is 1. The van der Waals surface area contributed by atoms with E-state index in [4.69, 9.17) is 4.74 Å². The maximum absolute atomic E-state index is 5.89. The molecule has 1 saturated heterocycles. The third-order valence-corrected chi connectivity index (χ3v) is 3.84. The number of hydrogen-bond donors (Lipinski definition) is 1. The molecule has 2 rings (SSSR count). The van der Waals surface area contributed by atoms with Gasteiger partial charge in [0.05, 0.1) is 12.2 Å². The molecule has 2 fully saturated rings. The Hall–Kier alpha value is -0.120. The van der Waals surface area contributed by atoms with Crippen molar-refractivity contribution in [2.45, 2.75) is 44.2 Å². The van der Waals surface area contributed by atoms with Crippen LogP contribution in [0.25, 0.3) is 0 Å². The van der Waals surface area contributed by atoms with Gasteiger partial charge in [-0.15, -0.1) is 0 Å². The van der Waals surface area contributed by atoms with Crippen LogP contribution in [0.4, 0.5) is 0 Å². The zero-order valence-electron chi connectivity index (χ0n) is 10.1. The lowest BCUT2D eigenvalue weighted by Crippen LogP contribution is -2.59. The van der Waals surface area contributed by atoms with Gasteiger partial charge in [0.1, 0.15) is 0 Å². The van der Waals surface area contributed by atoms with Crippen LogP contribution in [0.1, 0.15) is 32.6 Å². The third kappa shape index (κ3) is 2.92. The quantitative estimate of drug-likeness (QED) is 0.742. The summed E-state index contributed by atoms with van der Waals surface area (Å²) >= 11 is 0. The highest BCUT2D eigenvalue weighted by atomic mass is 16.5. The maximum atomic E-state index is 5.89. The summed E-state index contributed by atoms with van der Waals surface area (Å²) in [6.45, 7) is 6.19. The smallest absolute Gasteiger partial charge is 0.0902 e. The third-order valence-electron chi connectivity index (χ3n) is 3.84. The van der Waals surface area contributed by atoms with Gasteiger partial charge in [0.25, 0.3) is 0 Å². The minimum Gasteiger partial charge on any atom is -0.371 e. The molecule has 88 valence electrons. The van der Waals surface area contributed by atoms with Crippen molar-refractivity contribution >= 4 is 0 Å². The van der Waals surface area contributed by atoms with Crippen LogP contribution in [-0.4, -0.2) is 49.8 Å². The van der Waals surface area contributed by atoms with Gasteiger partial charge in [0.2, 0.25) is 0 Å². The summed E-state index contributed by atoms with van der Waals surface area (Å²) in [5.41, 5.74) is 0.122. The summed E-state index contributed by atoms with van der Waals surface area (Å²) in [6, 6.07) is 0.820. The first-order chi connectivity index (χ1) is 7.20. The van der Waals surface area contributed by atoms with E-state index in [1.807, 2.05) is 0 Å². The first-order valence-corrected chi connectivity index (χ1v) is 6.25. The SMILES string of the molecule is CN(CCOC1(C)CNC1)C1CCCC1. The molecule has 15 heavy (non-hydrogen) atoms. The Morgan fingerprint density at radius 3 is 2.53 bits per heavy atom. The molecular weight excluding hydrogens is 188 g/mol. The van der Waals surface area contributed by atoms with Gasteiger partial charge in [-0.05, 0) is 26.8 Å². The predicted octanol–water partition coefficient (Wildman–Crippen LogP) is 1.24. The molecule has 0 radical (unpaired) electrons. The molecule has 0 aromatic carbocycles. The summed E-state index contributed by atoms with van der Waals surface area (Å²) < 4.78 is 5.89. The van der Waals surface area contributed by atoms with Gasteiger partial charge in [0.15, 0.2) is 0 Å². The Morgan fingerprint density at radius 1 is 1.33 bits per heavy atom. The van der Waals surface area contributed by atoms with E-state index < -0.39 is 0 Å². The standard InChI is InChI=1S/C12H24N2O/c1-12(9-13-10-12)15-8-7-14(2)11-5-3-4-6-11/h11,13H,3-10H2,1-2H3. The molecule has 0 aromatic heterocycles. The van der Waals surface area contributed by atoms with Gasteiger partial charge in [-0.3, -0.25) is 0 Å². The fourth-order valence-corrected chi connectivity index (χ4v) is 2.54. The topological polar surface area (TPSA) is 24.5 Å². The molecule has 0 amide bonds. The van der Waals surface area contributed by atoms with Crippen molar-refractivity contribution in [1.29, 1.82) is 0 Å². The van der Waals surface area contributed by atoms with Crippen LogP contribution in [0.15, 0.2) is 0 Å². The molecule has 3 heteroatoms. The second-order valence-electron chi connectivity index (χ2n) is 5.32. The highest BCUT2D eigenvalue weighted by Crippen LogP contribution is 2.22. The molecule has 1 heterocycles. The zero-order valence-corrected chi connectivity index (χ0v) is 10.1. The molecule has 0 bridgehead atoms. The van der Waals surface area contributed by atoms with Crippen LogP contribution < -0.4 is 5.32 Å². The summed E-state index contributed by atoms with van der Waals surface area (Å²) in [4.78, 5) is 2.47. The van der Waals surface area contributed by atoms with Crippen molar-refractivity contribution in [1.82, 2.24) is 10.2 Å². The normalized spacial score (nSPS) is 25.8. The molecule has 1 aliphatic carbocycles. The molecule has 1 N–H and O–H groups in total. The van der Waals surface area contributed by atoms with Crippen LogP contribution in [0.2, 0.25) is 0 Å². The van der Waals surface area contributed by atoms with Gasteiger partial charge in [-0.2, -0.15) is 0 Å². The van der Waals surface area contributed by atoms with Crippen LogP contribution in [0.5, 0.6) is 0 Å². The lowest BCUT2D eigenvalue weighted by molar-refractivity contribution is -0.0726. The van der Waals surface area contributed by atoms with Gasteiger partial charge < -0.3 is 15.0 Å². The second-order valence-corrected chi connectivity index (χ2v) is 5.32. The van der Waals surface area contributed by atoms with Crippen molar-refractivity contribution in [2.24, 2.45) is 0 Å². The second kappa shape index (κ2) is 4.81. The fraction of sp³-hybridized carbons (Fsp3) is 1.00. The molecule has 0 unspecified atom stereocenters. The van der Waals surface area contributed by atoms with E-state index in [1.54, 1.807) is 0 Å². The molecule has 0 atom stereocenters. The van der Waals surface area contributed by atoms with Crippen LogP contribution in [0.3, 0.4) is 0 Å². The van der Waals surface area contributed by atoms with Crippen molar-refractivity contribution in [3.8, 4) is 0 Å². The Morgan fingerprint density at radius 2 is 2.00 bits per heavy atom. The largest absolute Gasteiger partial charge is 0.371 e. The van der Waals surface area contributed by atoms with Crippen molar-refractivity contribution in [3.63, 3.8) is 0 Å². The minimum atomic E-state index is 0.122. The lowest BCUT2D eigenvalue weighted by Gasteiger charge is -2.39. The summed E-state index contributed by atoms with van der Waals surface area (Å²) in [5, 5.41) is 3.26. The summed E-state index contributed by atoms with van der Waals surface area (Å²) in [6.07, 6.45) is 5.60. The Kier molecular flexibility index (Phi) is 3.65. The highest BCUT2D eigenvalue weighted by Gasteiger charge is 2.32. The Labute approximate surface area is 93.2 Å². The van der Waals surface area contributed by atoms with E-state index in [9.17, 15) is 0 Å². The van der Waals surface area contributed by atoms with Crippen molar-refractivity contribution < 1.29 is 4.74 Å². The first kappa shape index (κ1) is 11.4. The molecule has 1 aliphatic heterocycles. The van der Waals surface area contributed by atoms with Crippen LogP contribution in [-0.2, 0) is 4.74 Å². The highest BCUT2D eigenvalue weighted by molar-refractivity contribution is 4.90. The monoisotopic (exact) mass is 212 g/mol. The first-order valence-electron chi connectivity index (χ1n) is 6.25. The van der Waals surface area contributed by atoms with Crippen LogP contribution in [0, 0.1) is 0 Å². The van der Waals surface area contributed by atoms with E-state index in [1.165, 1.54) is 25.7 Å². The van der Waals surface area contributed by atoms with E-state index in [2.05, 4.69) is 24.2 Å². The van der Waals surface area contributed by atoms with Crippen molar-refractivity contribution in [2.75, 3.05) is 33.3 Å². The molecule has 2 aliphatic rings. The van der Waals surface area contributed by atoms with E-state index >= 15 is 0 Å². The average Bonchev–Trinajstić information content (AvgIpc) is 2.67. The Bertz CT molecular complexity index is 198. The molecular formula is C12H24N2O. The fourth-order valence-electron chi connectivity index (χ4n) is 2.54. The number of nitrogens with zero attached hydrogens (tertiary/aromatic N) is 1. The predicted molar refractivity (Wildman–Crippen MR) is 62.1 cm³/mol. The van der Waals surface area contributed by atoms with Crippen LogP contribution >= 0.6 is 0 Å². The van der Waals surface area contributed by atoms with E-state index in [0.717, 1.165) is 32.3 Å². The van der Waals surface area contributed by atoms with E-state index in [-0.39, 0.29) is 5.60 Å². The summed E-state index contributed by atoms with van der Waals surface area (Å²) in [7, 11) is 2.24. The molecule has 1 saturated carbocycles. The number of hydrogen-bond acceptors (Lipinski definition) is 3. The molecule has 0 spiro atoms. The molecule has 0 aromatic rings. The van der Waals surface area contributed by atoms with Crippen molar-refractivity contribution in [3.05, 3.63) is 0 Å². The van der Waals surface area contributed by atoms with Gasteiger partial charge in [-0.1, -0.05) is 12.8 Å². The van der Waals surface area contributed by atoms with Gasteiger partial charge >= 0.3 is 0 Å². The maximum Gasteiger partial charge on any atom is 0.0902 e.